The molecular weight excluding hydrogens is 372 g/mol. The van der Waals surface area contributed by atoms with E-state index in [1.807, 2.05) is 6.07 Å². The number of benzene rings is 1. The van der Waals surface area contributed by atoms with Crippen molar-refractivity contribution in [2.75, 3.05) is 31.6 Å². The van der Waals surface area contributed by atoms with Gasteiger partial charge in [-0.2, -0.15) is 0 Å². The molecule has 2 aromatic rings. The number of hydrogen-bond acceptors (Lipinski definition) is 5. The summed E-state index contributed by atoms with van der Waals surface area (Å²) < 4.78 is 5.18. The fraction of sp³-hybridized carbons (Fsp3) is 0.333. The lowest BCUT2D eigenvalue weighted by Gasteiger charge is -2.36. The van der Waals surface area contributed by atoms with E-state index in [0.717, 1.165) is 0 Å². The van der Waals surface area contributed by atoms with Gasteiger partial charge in [-0.05, 0) is 37.1 Å². The van der Waals surface area contributed by atoms with E-state index >= 15 is 0 Å². The normalized spacial score (nSPS) is 17.8. The van der Waals surface area contributed by atoms with Crippen molar-refractivity contribution < 1.29 is 19.1 Å². The molecule has 2 saturated heterocycles. The Morgan fingerprint density at radius 3 is 2.48 bits per heavy atom. The molecule has 4 amide bonds. The van der Waals surface area contributed by atoms with Gasteiger partial charge in [-0.1, -0.05) is 18.2 Å². The first-order valence-electron chi connectivity index (χ1n) is 9.57. The first-order valence-corrected chi connectivity index (χ1v) is 9.57. The van der Waals surface area contributed by atoms with Crippen molar-refractivity contribution >= 4 is 23.5 Å². The van der Waals surface area contributed by atoms with Gasteiger partial charge in [0.25, 0.3) is 11.8 Å². The third kappa shape index (κ3) is 3.53. The number of nitrogens with zero attached hydrogens (tertiary/aromatic N) is 4. The van der Waals surface area contributed by atoms with E-state index in [2.05, 4.69) is 4.98 Å². The smallest absolute Gasteiger partial charge is 0.332 e. The van der Waals surface area contributed by atoms with Crippen LogP contribution in [0.4, 0.5) is 10.5 Å². The van der Waals surface area contributed by atoms with Crippen LogP contribution in [0.25, 0.3) is 0 Å². The fourth-order valence-corrected chi connectivity index (χ4v) is 3.90. The minimum atomic E-state index is -0.292. The van der Waals surface area contributed by atoms with Crippen LogP contribution in [0, 0.1) is 0 Å². The van der Waals surface area contributed by atoms with Crippen LogP contribution in [0.1, 0.15) is 23.2 Å². The van der Waals surface area contributed by atoms with Crippen LogP contribution in [0.15, 0.2) is 48.7 Å². The highest BCUT2D eigenvalue weighted by Gasteiger charge is 2.41. The van der Waals surface area contributed by atoms with Crippen molar-refractivity contribution in [2.24, 2.45) is 0 Å². The lowest BCUT2D eigenvalue weighted by atomic mass is 10.0. The van der Waals surface area contributed by atoms with E-state index in [0.29, 0.717) is 43.1 Å². The van der Waals surface area contributed by atoms with Gasteiger partial charge in [0, 0.05) is 25.3 Å². The number of anilines is 1. The van der Waals surface area contributed by atoms with E-state index in [9.17, 15) is 14.4 Å². The Labute approximate surface area is 168 Å². The van der Waals surface area contributed by atoms with Crippen LogP contribution in [0.3, 0.4) is 0 Å². The maximum Gasteiger partial charge on any atom is 0.332 e. The number of likely N-dealkylation sites (tertiary alicyclic amines) is 1. The summed E-state index contributed by atoms with van der Waals surface area (Å²) in [4.78, 5) is 46.8. The highest BCUT2D eigenvalue weighted by molar-refractivity contribution is 6.19. The number of aromatic nitrogens is 1. The summed E-state index contributed by atoms with van der Waals surface area (Å²) in [6.45, 7) is 1.08. The fourth-order valence-electron chi connectivity index (χ4n) is 3.90. The summed E-state index contributed by atoms with van der Waals surface area (Å²) in [5.74, 6) is -0.0543. The average molecular weight is 394 g/mol. The van der Waals surface area contributed by atoms with Gasteiger partial charge < -0.3 is 14.5 Å². The van der Waals surface area contributed by atoms with E-state index in [-0.39, 0.29) is 30.4 Å². The Morgan fingerprint density at radius 1 is 1.07 bits per heavy atom. The van der Waals surface area contributed by atoms with Gasteiger partial charge in [0.15, 0.2) is 0 Å². The molecule has 2 aliphatic rings. The van der Waals surface area contributed by atoms with Crippen LogP contribution in [-0.4, -0.2) is 65.4 Å². The Hall–Kier alpha value is -3.42. The number of imide groups is 1. The van der Waals surface area contributed by atoms with Gasteiger partial charge in [-0.15, -0.1) is 0 Å². The van der Waals surface area contributed by atoms with Gasteiger partial charge in [0.2, 0.25) is 5.88 Å². The average Bonchev–Trinajstić information content (AvgIpc) is 3.07. The molecule has 0 N–H and O–H groups in total. The van der Waals surface area contributed by atoms with E-state index in [1.54, 1.807) is 52.4 Å². The van der Waals surface area contributed by atoms with Gasteiger partial charge in [-0.25, -0.2) is 14.7 Å². The van der Waals surface area contributed by atoms with Gasteiger partial charge in [0.1, 0.15) is 12.1 Å². The Morgan fingerprint density at radius 2 is 1.79 bits per heavy atom. The molecule has 8 nitrogen and oxygen atoms in total. The number of piperidine rings is 1. The summed E-state index contributed by atoms with van der Waals surface area (Å²) in [5, 5.41) is 0. The van der Waals surface area contributed by atoms with E-state index in [1.165, 1.54) is 12.0 Å². The molecular formula is C21H22N4O4. The molecule has 1 aromatic carbocycles. The van der Waals surface area contributed by atoms with Crippen LogP contribution in [-0.2, 0) is 4.79 Å². The molecule has 1 aromatic heterocycles. The third-order valence-electron chi connectivity index (χ3n) is 5.39. The van der Waals surface area contributed by atoms with Crippen molar-refractivity contribution in [3.05, 3.63) is 54.2 Å². The highest BCUT2D eigenvalue weighted by Crippen LogP contribution is 2.27. The number of carbonyl (C=O) groups excluding carboxylic acids is 3. The maximum absolute atomic E-state index is 12.9. The predicted octanol–water partition coefficient (Wildman–Crippen LogP) is 2.16. The monoisotopic (exact) mass is 394 g/mol. The largest absolute Gasteiger partial charge is 0.480 e. The molecule has 8 heteroatoms. The van der Waals surface area contributed by atoms with Gasteiger partial charge >= 0.3 is 6.03 Å². The summed E-state index contributed by atoms with van der Waals surface area (Å²) in [6.07, 6.45) is 2.82. The predicted molar refractivity (Wildman–Crippen MR) is 106 cm³/mol. The number of hydrogen-bond donors (Lipinski definition) is 0. The molecule has 150 valence electrons. The lowest BCUT2D eigenvalue weighted by Crippen LogP contribution is -2.48. The van der Waals surface area contributed by atoms with E-state index in [4.69, 9.17) is 4.74 Å². The first-order chi connectivity index (χ1) is 14.1. The van der Waals surface area contributed by atoms with Gasteiger partial charge in [0.05, 0.1) is 12.8 Å². The zero-order valence-electron chi connectivity index (χ0n) is 16.2. The van der Waals surface area contributed by atoms with Crippen LogP contribution in [0.2, 0.25) is 0 Å². The zero-order valence-corrected chi connectivity index (χ0v) is 16.2. The number of rotatable bonds is 4. The Bertz CT molecular complexity index is 925. The number of para-hydroxylation sites is 1. The number of methoxy groups -OCH3 is 1. The zero-order chi connectivity index (χ0) is 20.4. The molecule has 0 spiro atoms. The van der Waals surface area contributed by atoms with Crippen molar-refractivity contribution in [3.8, 4) is 5.88 Å². The number of carbonyl (C=O) groups is 3. The summed E-state index contributed by atoms with van der Waals surface area (Å²) >= 11 is 0. The van der Waals surface area contributed by atoms with Crippen LogP contribution >= 0.6 is 0 Å². The molecule has 4 rings (SSSR count). The second-order valence-electron chi connectivity index (χ2n) is 7.06. The lowest BCUT2D eigenvalue weighted by molar-refractivity contribution is -0.116. The van der Waals surface area contributed by atoms with Crippen molar-refractivity contribution in [1.29, 1.82) is 0 Å². The molecule has 0 unspecified atom stereocenters. The molecule has 0 atom stereocenters. The van der Waals surface area contributed by atoms with Crippen molar-refractivity contribution in [3.63, 3.8) is 0 Å². The second kappa shape index (κ2) is 7.90. The van der Waals surface area contributed by atoms with E-state index < -0.39 is 0 Å². The third-order valence-corrected chi connectivity index (χ3v) is 5.39. The van der Waals surface area contributed by atoms with Gasteiger partial charge in [-0.3, -0.25) is 9.59 Å². The molecule has 2 aliphatic heterocycles. The number of pyridine rings is 1. The number of amides is 4. The standard InChI is InChI=1S/C21H22N4O4/c1-29-19-17(8-5-11-22-19)20(27)23-12-9-15(10-13-23)24-14-18(26)25(21(24)28)16-6-3-2-4-7-16/h2-8,11,15H,9-10,12-14H2,1H3. The molecule has 0 saturated carbocycles. The molecule has 2 fully saturated rings. The Kier molecular flexibility index (Phi) is 5.16. The summed E-state index contributed by atoms with van der Waals surface area (Å²) in [7, 11) is 1.49. The highest BCUT2D eigenvalue weighted by atomic mass is 16.5. The number of ether oxygens (including phenoxy) is 1. The molecule has 0 aliphatic carbocycles. The SMILES string of the molecule is COc1ncccc1C(=O)N1CCC(N2CC(=O)N(c3ccccc3)C2=O)CC1. The maximum atomic E-state index is 12.9. The van der Waals surface area contributed by atoms with Crippen molar-refractivity contribution in [2.45, 2.75) is 18.9 Å². The summed E-state index contributed by atoms with van der Waals surface area (Å²) in [5.41, 5.74) is 1.01. The van der Waals surface area contributed by atoms with Crippen LogP contribution in [0.5, 0.6) is 5.88 Å². The quantitative estimate of drug-likeness (QED) is 0.742. The molecule has 0 bridgehead atoms. The van der Waals surface area contributed by atoms with Crippen molar-refractivity contribution in [1.82, 2.24) is 14.8 Å². The number of urea groups is 1. The summed E-state index contributed by atoms with van der Waals surface area (Å²) in [6, 6.07) is 12.0. The molecule has 0 radical (unpaired) electrons. The topological polar surface area (TPSA) is 83.1 Å². The molecule has 29 heavy (non-hydrogen) atoms. The minimum Gasteiger partial charge on any atom is -0.480 e. The minimum absolute atomic E-state index is 0.0694. The second-order valence-corrected chi connectivity index (χ2v) is 7.06. The van der Waals surface area contributed by atoms with Crippen LogP contribution < -0.4 is 9.64 Å². The Balaban J connectivity index is 1.42. The first kappa shape index (κ1) is 18.9. The molecule has 3 heterocycles.